The van der Waals surface area contributed by atoms with E-state index in [4.69, 9.17) is 23.2 Å². The van der Waals surface area contributed by atoms with Gasteiger partial charge in [0, 0.05) is 12.6 Å². The lowest BCUT2D eigenvalue weighted by atomic mass is 10.1. The van der Waals surface area contributed by atoms with Gasteiger partial charge in [0.2, 0.25) is 0 Å². The molecule has 0 atom stereocenters. The van der Waals surface area contributed by atoms with Crippen molar-refractivity contribution in [3.63, 3.8) is 0 Å². The third-order valence-corrected chi connectivity index (χ3v) is 3.19. The van der Waals surface area contributed by atoms with Crippen LogP contribution < -0.4 is 0 Å². The summed E-state index contributed by atoms with van der Waals surface area (Å²) in [5, 5.41) is 4.55. The molecule has 6 heteroatoms. The number of carbonyl (C=O) groups is 1. The van der Waals surface area contributed by atoms with Gasteiger partial charge in [0.1, 0.15) is 12.2 Å². The van der Waals surface area contributed by atoms with Gasteiger partial charge in [-0.2, -0.15) is 5.10 Å². The summed E-state index contributed by atoms with van der Waals surface area (Å²) < 4.78 is 1.55. The molecule has 0 aliphatic heterocycles. The van der Waals surface area contributed by atoms with E-state index in [0.29, 0.717) is 16.4 Å². The molecule has 0 radical (unpaired) electrons. The van der Waals surface area contributed by atoms with Crippen molar-refractivity contribution in [3.05, 3.63) is 46.0 Å². The van der Waals surface area contributed by atoms with Gasteiger partial charge in [-0.1, -0.05) is 29.3 Å². The van der Waals surface area contributed by atoms with Crippen LogP contribution in [0.25, 0.3) is 0 Å². The number of ketones is 1. The molecule has 0 aliphatic rings. The van der Waals surface area contributed by atoms with Crippen molar-refractivity contribution in [2.45, 2.75) is 6.42 Å². The molecule has 0 amide bonds. The highest BCUT2D eigenvalue weighted by Gasteiger charge is 2.15. The summed E-state index contributed by atoms with van der Waals surface area (Å²) in [6, 6.07) is 4.98. The normalized spacial score (nSPS) is 10.5. The van der Waals surface area contributed by atoms with Crippen molar-refractivity contribution in [3.8, 4) is 0 Å². The summed E-state index contributed by atoms with van der Waals surface area (Å²) in [6.45, 7) is 0. The molecule has 1 heterocycles. The van der Waals surface area contributed by atoms with Crippen LogP contribution in [-0.4, -0.2) is 20.5 Å². The van der Waals surface area contributed by atoms with Crippen LogP contribution in [0.15, 0.2) is 24.5 Å². The van der Waals surface area contributed by atoms with E-state index in [9.17, 15) is 4.79 Å². The summed E-state index contributed by atoms with van der Waals surface area (Å²) in [7, 11) is 1.73. The number of hydrogen-bond donors (Lipinski definition) is 0. The number of aryl methyl sites for hydroxylation is 1. The Morgan fingerprint density at radius 1 is 1.41 bits per heavy atom. The smallest absolute Gasteiger partial charge is 0.171 e. The predicted molar refractivity (Wildman–Crippen MR) is 65.5 cm³/mol. The molecule has 88 valence electrons. The van der Waals surface area contributed by atoms with E-state index in [-0.39, 0.29) is 17.2 Å². The zero-order valence-corrected chi connectivity index (χ0v) is 10.5. The lowest BCUT2D eigenvalue weighted by molar-refractivity contribution is 0.0990. The van der Waals surface area contributed by atoms with Gasteiger partial charge in [0.05, 0.1) is 16.5 Å². The van der Waals surface area contributed by atoms with Crippen LogP contribution in [0.2, 0.25) is 10.0 Å². The minimum Gasteiger partial charge on any atom is -0.294 e. The quantitative estimate of drug-likeness (QED) is 0.805. The number of benzene rings is 1. The third-order valence-electron chi connectivity index (χ3n) is 2.38. The molecule has 4 nitrogen and oxygen atoms in total. The zero-order chi connectivity index (χ0) is 12.4. The number of carbonyl (C=O) groups excluding carboxylic acids is 1. The van der Waals surface area contributed by atoms with Crippen molar-refractivity contribution in [2.75, 3.05) is 0 Å². The van der Waals surface area contributed by atoms with Crippen LogP contribution >= 0.6 is 23.2 Å². The van der Waals surface area contributed by atoms with Gasteiger partial charge < -0.3 is 0 Å². The fraction of sp³-hybridized carbons (Fsp3) is 0.182. The highest BCUT2D eigenvalue weighted by Crippen LogP contribution is 2.26. The second-order valence-corrected chi connectivity index (χ2v) is 4.29. The number of hydrogen-bond acceptors (Lipinski definition) is 3. The van der Waals surface area contributed by atoms with Gasteiger partial charge in [-0.25, -0.2) is 4.98 Å². The Kier molecular flexibility index (Phi) is 3.45. The molecule has 0 saturated carbocycles. The van der Waals surface area contributed by atoms with Crippen LogP contribution in [-0.2, 0) is 13.5 Å². The summed E-state index contributed by atoms with van der Waals surface area (Å²) in [5.74, 6) is 0.458. The topological polar surface area (TPSA) is 47.8 Å². The van der Waals surface area contributed by atoms with E-state index < -0.39 is 0 Å². The first-order valence-electron chi connectivity index (χ1n) is 4.89. The largest absolute Gasteiger partial charge is 0.294 e. The molecule has 0 fully saturated rings. The monoisotopic (exact) mass is 269 g/mol. The molecule has 1 aromatic heterocycles. The van der Waals surface area contributed by atoms with Crippen molar-refractivity contribution in [2.24, 2.45) is 7.05 Å². The molecule has 0 saturated heterocycles. The average molecular weight is 270 g/mol. The molecular weight excluding hydrogens is 261 g/mol. The van der Waals surface area contributed by atoms with Gasteiger partial charge in [-0.05, 0) is 12.1 Å². The van der Waals surface area contributed by atoms with Gasteiger partial charge in [-0.3, -0.25) is 9.48 Å². The Bertz CT molecular complexity index is 566. The van der Waals surface area contributed by atoms with E-state index in [1.165, 1.54) is 6.33 Å². The maximum absolute atomic E-state index is 12.0. The number of Topliss-reactive ketones (excluding diaryl/α,β-unsaturated/α-hetero) is 1. The van der Waals surface area contributed by atoms with Gasteiger partial charge in [0.15, 0.2) is 5.78 Å². The van der Waals surface area contributed by atoms with Crippen LogP contribution in [0.1, 0.15) is 16.2 Å². The summed E-state index contributed by atoms with van der Waals surface area (Å²) in [5.41, 5.74) is 0.405. The van der Waals surface area contributed by atoms with Crippen LogP contribution in [0.3, 0.4) is 0 Å². The maximum Gasteiger partial charge on any atom is 0.171 e. The molecule has 0 aliphatic carbocycles. The van der Waals surface area contributed by atoms with E-state index in [0.717, 1.165) is 0 Å². The molecular formula is C11H9Cl2N3O. The predicted octanol–water partition coefficient (Wildman–Crippen LogP) is 2.55. The van der Waals surface area contributed by atoms with E-state index in [1.54, 1.807) is 29.9 Å². The second kappa shape index (κ2) is 4.85. The number of rotatable bonds is 3. The Balaban J connectivity index is 2.27. The van der Waals surface area contributed by atoms with Crippen LogP contribution in [0.5, 0.6) is 0 Å². The number of halogens is 2. The van der Waals surface area contributed by atoms with E-state index in [2.05, 4.69) is 10.1 Å². The van der Waals surface area contributed by atoms with Gasteiger partial charge in [0.25, 0.3) is 0 Å². The van der Waals surface area contributed by atoms with Gasteiger partial charge >= 0.3 is 0 Å². The Morgan fingerprint density at radius 3 is 2.82 bits per heavy atom. The first-order valence-corrected chi connectivity index (χ1v) is 5.65. The summed E-state index contributed by atoms with van der Waals surface area (Å²) in [4.78, 5) is 16.0. The maximum atomic E-state index is 12.0. The fourth-order valence-corrected chi connectivity index (χ4v) is 1.84. The standard InChI is InChI=1S/C11H9Cl2N3O/c1-16-10(14-6-15-16)5-9(17)7-3-2-4-8(12)11(7)13/h2-4,6H,5H2,1H3. The average Bonchev–Trinajstić information content (AvgIpc) is 2.68. The molecule has 1 aromatic carbocycles. The van der Waals surface area contributed by atoms with E-state index in [1.807, 2.05) is 0 Å². The lowest BCUT2D eigenvalue weighted by Gasteiger charge is -2.04. The Labute approximate surface area is 108 Å². The molecule has 2 aromatic rings. The molecule has 0 unspecified atom stereocenters. The Morgan fingerprint density at radius 2 is 2.18 bits per heavy atom. The van der Waals surface area contributed by atoms with Gasteiger partial charge in [-0.15, -0.1) is 0 Å². The van der Waals surface area contributed by atoms with E-state index >= 15 is 0 Å². The van der Waals surface area contributed by atoms with Crippen molar-refractivity contribution in [1.29, 1.82) is 0 Å². The van der Waals surface area contributed by atoms with Crippen LogP contribution in [0.4, 0.5) is 0 Å². The molecule has 0 spiro atoms. The highest BCUT2D eigenvalue weighted by molar-refractivity contribution is 6.43. The zero-order valence-electron chi connectivity index (χ0n) is 9.02. The fourth-order valence-electron chi connectivity index (χ4n) is 1.44. The first-order chi connectivity index (χ1) is 8.09. The Hall–Kier alpha value is -1.39. The minimum absolute atomic E-state index is 0.131. The molecule has 17 heavy (non-hydrogen) atoms. The number of aromatic nitrogens is 3. The molecule has 0 bridgehead atoms. The van der Waals surface area contributed by atoms with Crippen LogP contribution in [0, 0.1) is 0 Å². The SMILES string of the molecule is Cn1ncnc1CC(=O)c1cccc(Cl)c1Cl. The minimum atomic E-state index is -0.131. The number of nitrogens with zero attached hydrogens (tertiary/aromatic N) is 3. The van der Waals surface area contributed by atoms with Crippen molar-refractivity contribution >= 4 is 29.0 Å². The summed E-state index contributed by atoms with van der Waals surface area (Å²) in [6.07, 6.45) is 1.55. The highest BCUT2D eigenvalue weighted by atomic mass is 35.5. The molecule has 0 N–H and O–H groups in total. The summed E-state index contributed by atoms with van der Waals surface area (Å²) >= 11 is 11.8. The first kappa shape index (κ1) is 12.1. The second-order valence-electron chi connectivity index (χ2n) is 3.50. The third kappa shape index (κ3) is 2.48. The van der Waals surface area contributed by atoms with Crippen molar-refractivity contribution in [1.82, 2.24) is 14.8 Å². The lowest BCUT2D eigenvalue weighted by Crippen LogP contribution is -2.09. The van der Waals surface area contributed by atoms with Crippen molar-refractivity contribution < 1.29 is 4.79 Å². The molecule has 2 rings (SSSR count).